The molecule has 2 N–H and O–H groups in total. The van der Waals surface area contributed by atoms with Gasteiger partial charge in [0.05, 0.1) is 0 Å². The number of hydrogen-bond acceptors (Lipinski definition) is 6. The first-order valence-electron chi connectivity index (χ1n) is 31.0. The number of unbranched alkanes of at least 4 members (excludes halogenated alkanes) is 18. The number of hydrogen-bond donors (Lipinski definition) is 2. The topological polar surface area (TPSA) is 37.0 Å². The Hall–Kier alpha value is -0.500. The SMILES string of the molecule is CC(C)CC(C)CCCCCCCNCCC(C)NC(C)C.CCN(CCCCC/C=C\CCCCCN(CC)C(C)C)C(C)C.CCN(CCCCCCCCCCCN(CC)C(C)C)C(C)C. The summed E-state index contributed by atoms with van der Waals surface area (Å²) in [5.74, 6) is 1.78. The lowest BCUT2D eigenvalue weighted by Gasteiger charge is -2.24. The molecule has 2 unspecified atom stereocenters. The van der Waals surface area contributed by atoms with Gasteiger partial charge in [-0.3, -0.25) is 0 Å². The molecule has 0 aromatic carbocycles. The zero-order valence-corrected chi connectivity index (χ0v) is 51.3. The number of nitrogens with one attached hydrogen (secondary N) is 2. The lowest BCUT2D eigenvalue weighted by atomic mass is 9.93. The highest BCUT2D eigenvalue weighted by molar-refractivity contribution is 4.81. The van der Waals surface area contributed by atoms with Crippen molar-refractivity contribution in [3.05, 3.63) is 12.2 Å². The highest BCUT2D eigenvalue weighted by Crippen LogP contribution is 2.18. The molecule has 0 aliphatic heterocycles. The van der Waals surface area contributed by atoms with Gasteiger partial charge in [-0.25, -0.2) is 0 Å². The van der Waals surface area contributed by atoms with Crippen LogP contribution in [-0.4, -0.2) is 121 Å². The first-order chi connectivity index (χ1) is 33.0. The number of rotatable bonds is 47. The summed E-state index contributed by atoms with van der Waals surface area (Å²) in [5, 5.41) is 7.13. The molecule has 0 aliphatic rings. The van der Waals surface area contributed by atoms with Crippen molar-refractivity contribution in [3.63, 3.8) is 0 Å². The molecular formula is C63H136N6. The van der Waals surface area contributed by atoms with Crippen molar-refractivity contribution >= 4 is 0 Å². The van der Waals surface area contributed by atoms with E-state index in [-0.39, 0.29) is 0 Å². The minimum atomic E-state index is 0.596. The second-order valence-electron chi connectivity index (χ2n) is 23.3. The molecule has 0 rings (SSSR count). The summed E-state index contributed by atoms with van der Waals surface area (Å²) in [6.07, 6.45) is 39.4. The van der Waals surface area contributed by atoms with Crippen LogP contribution in [0.25, 0.3) is 0 Å². The molecule has 418 valence electrons. The summed E-state index contributed by atoms with van der Waals surface area (Å²) in [6, 6.07) is 4.02. The molecule has 0 fully saturated rings. The first kappa shape index (κ1) is 72.7. The van der Waals surface area contributed by atoms with E-state index in [1.165, 1.54) is 219 Å². The van der Waals surface area contributed by atoms with Crippen LogP contribution in [-0.2, 0) is 0 Å². The molecule has 2 atom stereocenters. The average molecular weight is 978 g/mol. The second kappa shape index (κ2) is 53.8. The molecule has 0 aromatic heterocycles. The molecule has 0 spiro atoms. The van der Waals surface area contributed by atoms with Gasteiger partial charge in [0.2, 0.25) is 0 Å². The largest absolute Gasteiger partial charge is 0.317 e. The summed E-state index contributed by atoms with van der Waals surface area (Å²) in [4.78, 5) is 10.3. The van der Waals surface area contributed by atoms with Gasteiger partial charge in [0.15, 0.2) is 0 Å². The zero-order valence-electron chi connectivity index (χ0n) is 51.3. The monoisotopic (exact) mass is 977 g/mol. The van der Waals surface area contributed by atoms with E-state index in [0.29, 0.717) is 36.3 Å². The predicted octanol–water partition coefficient (Wildman–Crippen LogP) is 17.5. The van der Waals surface area contributed by atoms with Crippen LogP contribution in [0.3, 0.4) is 0 Å². The van der Waals surface area contributed by atoms with E-state index >= 15 is 0 Å². The predicted molar refractivity (Wildman–Crippen MR) is 319 cm³/mol. The zero-order chi connectivity index (χ0) is 52.5. The Kier molecular flexibility index (Phi) is 56.7. The van der Waals surface area contributed by atoms with Crippen LogP contribution in [0.4, 0.5) is 0 Å². The number of nitrogens with zero attached hydrogens (tertiary/aromatic N) is 4. The van der Waals surface area contributed by atoms with Crippen molar-refractivity contribution in [3.8, 4) is 0 Å². The van der Waals surface area contributed by atoms with Crippen molar-refractivity contribution in [2.45, 2.75) is 321 Å². The maximum atomic E-state index is 3.58. The Morgan fingerprint density at radius 1 is 0.348 bits per heavy atom. The minimum absolute atomic E-state index is 0.596. The Morgan fingerprint density at radius 2 is 0.667 bits per heavy atom. The highest BCUT2D eigenvalue weighted by Gasteiger charge is 2.09. The third-order valence-corrected chi connectivity index (χ3v) is 14.5. The molecule has 0 amide bonds. The van der Waals surface area contributed by atoms with Gasteiger partial charge in [-0.1, -0.05) is 164 Å². The minimum Gasteiger partial charge on any atom is -0.317 e. The molecule has 69 heavy (non-hydrogen) atoms. The summed E-state index contributed by atoms with van der Waals surface area (Å²) in [6.45, 7) is 53.6. The van der Waals surface area contributed by atoms with Gasteiger partial charge in [0.25, 0.3) is 0 Å². The van der Waals surface area contributed by atoms with Crippen molar-refractivity contribution in [2.75, 3.05) is 65.4 Å². The molecule has 6 nitrogen and oxygen atoms in total. The van der Waals surface area contributed by atoms with E-state index in [1.807, 2.05) is 0 Å². The van der Waals surface area contributed by atoms with Gasteiger partial charge in [-0.2, -0.15) is 0 Å². The van der Waals surface area contributed by atoms with Gasteiger partial charge in [-0.05, 0) is 210 Å². The summed E-state index contributed by atoms with van der Waals surface area (Å²) in [5.41, 5.74) is 0. The Morgan fingerprint density at radius 3 is 0.986 bits per heavy atom. The highest BCUT2D eigenvalue weighted by atomic mass is 15.1. The maximum absolute atomic E-state index is 3.58. The third kappa shape index (κ3) is 53.6. The van der Waals surface area contributed by atoms with E-state index in [4.69, 9.17) is 0 Å². The van der Waals surface area contributed by atoms with Gasteiger partial charge < -0.3 is 30.2 Å². The van der Waals surface area contributed by atoms with Crippen LogP contribution in [0.15, 0.2) is 12.2 Å². The molecule has 0 bridgehead atoms. The Bertz CT molecular complexity index is 918. The van der Waals surface area contributed by atoms with Crippen LogP contribution in [0, 0.1) is 11.8 Å². The van der Waals surface area contributed by atoms with Crippen LogP contribution in [0.1, 0.15) is 285 Å². The summed E-state index contributed by atoms with van der Waals surface area (Å²) in [7, 11) is 0. The molecule has 0 saturated carbocycles. The van der Waals surface area contributed by atoms with E-state index in [9.17, 15) is 0 Å². The third-order valence-electron chi connectivity index (χ3n) is 14.5. The van der Waals surface area contributed by atoms with Crippen molar-refractivity contribution in [1.29, 1.82) is 0 Å². The van der Waals surface area contributed by atoms with Crippen LogP contribution in [0.5, 0.6) is 0 Å². The maximum Gasteiger partial charge on any atom is 0.00531 e. The lowest BCUT2D eigenvalue weighted by molar-refractivity contribution is 0.227. The van der Waals surface area contributed by atoms with E-state index in [2.05, 4.69) is 167 Å². The molecule has 0 aromatic rings. The van der Waals surface area contributed by atoms with Crippen LogP contribution in [0.2, 0.25) is 0 Å². The fourth-order valence-electron chi connectivity index (χ4n) is 10.0. The van der Waals surface area contributed by atoms with Crippen molar-refractivity contribution < 1.29 is 0 Å². The normalized spacial score (nSPS) is 13.2. The molecule has 0 aliphatic carbocycles. The quantitative estimate of drug-likeness (QED) is 0.0468. The van der Waals surface area contributed by atoms with Crippen molar-refractivity contribution in [1.82, 2.24) is 30.2 Å². The fraction of sp³-hybridized carbons (Fsp3) is 0.968. The van der Waals surface area contributed by atoms with Gasteiger partial charge in [0, 0.05) is 36.3 Å². The standard InChI is InChI=1S/C22H46N2.C21H46N2.C20H44N2/c1-7-23(21(3)4)19-17-15-13-11-9-10-12-14-16-18-20-24(8-2)22(5)6;1-7-22(20(3)4)18-16-14-12-10-9-11-13-15-17-19-23(8-2)21(5)6;1-17(2)16-19(5)12-10-8-7-9-11-14-21-15-13-20(6)22-18(3)4/h9-10,21-22H,7-8,11-20H2,1-6H3;20-21H,7-19H2,1-6H3;17-22H,7-16H2,1-6H3/b10-9-;;. The molecule has 6 heteroatoms. The molecular weight excluding hydrogens is 841 g/mol. The summed E-state index contributed by atoms with van der Waals surface area (Å²) < 4.78 is 0. The molecule has 0 heterocycles. The summed E-state index contributed by atoms with van der Waals surface area (Å²) >= 11 is 0. The average Bonchev–Trinajstić information content (AvgIpc) is 3.28. The first-order valence-corrected chi connectivity index (χ1v) is 31.0. The van der Waals surface area contributed by atoms with E-state index < -0.39 is 0 Å². The van der Waals surface area contributed by atoms with Crippen LogP contribution >= 0.6 is 0 Å². The van der Waals surface area contributed by atoms with Crippen LogP contribution < -0.4 is 10.6 Å². The number of allylic oxidation sites excluding steroid dienone is 2. The van der Waals surface area contributed by atoms with Gasteiger partial charge in [0.1, 0.15) is 0 Å². The Balaban J connectivity index is -0.000000948. The Labute approximate surface area is 439 Å². The molecule has 0 radical (unpaired) electrons. The van der Waals surface area contributed by atoms with E-state index in [1.54, 1.807) is 0 Å². The van der Waals surface area contributed by atoms with E-state index in [0.717, 1.165) is 18.4 Å². The lowest BCUT2D eigenvalue weighted by Crippen LogP contribution is -2.34. The van der Waals surface area contributed by atoms with Gasteiger partial charge >= 0.3 is 0 Å². The fourth-order valence-corrected chi connectivity index (χ4v) is 10.0. The van der Waals surface area contributed by atoms with Crippen molar-refractivity contribution in [2.24, 2.45) is 11.8 Å². The second-order valence-corrected chi connectivity index (χ2v) is 23.3. The van der Waals surface area contributed by atoms with Gasteiger partial charge in [-0.15, -0.1) is 0 Å². The molecule has 0 saturated heterocycles. The smallest absolute Gasteiger partial charge is 0.00531 e.